The molecule has 0 radical (unpaired) electrons. The van der Waals surface area contributed by atoms with E-state index in [2.05, 4.69) is 5.32 Å². The first-order valence-corrected chi connectivity index (χ1v) is 12.9. The minimum atomic E-state index is -2.27. The van der Waals surface area contributed by atoms with E-state index < -0.39 is 42.2 Å². The molecule has 0 unspecified atom stereocenters. The molecule has 0 fully saturated rings. The molecule has 0 aromatic carbocycles. The largest absolute Gasteiger partial charge is 0.467 e. The molecule has 0 saturated heterocycles. The van der Waals surface area contributed by atoms with Gasteiger partial charge in [0.2, 0.25) is 0 Å². The van der Waals surface area contributed by atoms with Crippen molar-refractivity contribution in [3.63, 3.8) is 0 Å². The zero-order valence-corrected chi connectivity index (χ0v) is 20.8. The Balaban J connectivity index is 3.58. The highest BCUT2D eigenvalue weighted by Crippen LogP contribution is 2.36. The molecule has 0 bridgehead atoms. The Labute approximate surface area is 182 Å². The topological polar surface area (TPSA) is 135 Å². The summed E-state index contributed by atoms with van der Waals surface area (Å²) in [5.74, 6) is -1.12. The van der Waals surface area contributed by atoms with Gasteiger partial charge in [-0.05, 0) is 24.1 Å². The number of rotatable bonds is 9. The Bertz CT molecular complexity index is 944. The summed E-state index contributed by atoms with van der Waals surface area (Å²) >= 11 is 0. The quantitative estimate of drug-likeness (QED) is 0.257. The van der Waals surface area contributed by atoms with Gasteiger partial charge in [0.25, 0.3) is 0 Å². The van der Waals surface area contributed by atoms with Crippen LogP contribution in [0.1, 0.15) is 34.6 Å². The van der Waals surface area contributed by atoms with Crippen molar-refractivity contribution in [1.29, 1.82) is 0 Å². The minimum Gasteiger partial charge on any atom is -0.467 e. The second-order valence-corrected chi connectivity index (χ2v) is 14.2. The number of nitro groups is 1. The number of hydrogen-bond donors (Lipinski definition) is 1. The van der Waals surface area contributed by atoms with Gasteiger partial charge in [0.05, 0.1) is 18.6 Å². The maximum atomic E-state index is 12.7. The lowest BCUT2D eigenvalue weighted by Crippen LogP contribution is -2.47. The number of anilines is 1. The average Bonchev–Trinajstić information content (AvgIpc) is 2.64. The van der Waals surface area contributed by atoms with E-state index in [1.165, 1.54) is 14.2 Å². The molecule has 176 valence electrons. The first-order valence-electron chi connectivity index (χ1n) is 10.0. The monoisotopic (exact) mass is 458 g/mol. The number of esters is 1. The summed E-state index contributed by atoms with van der Waals surface area (Å²) in [6.45, 7) is 13.7. The number of ether oxygens (including phenoxy) is 1. The lowest BCUT2D eigenvalue weighted by atomic mass is 10.2. The molecule has 31 heavy (non-hydrogen) atoms. The molecular formula is C19H34N4O7Si. The van der Waals surface area contributed by atoms with Gasteiger partial charge in [0, 0.05) is 13.6 Å². The third kappa shape index (κ3) is 6.03. The van der Waals surface area contributed by atoms with Crippen LogP contribution in [0, 0.1) is 16.0 Å². The molecule has 1 N–H and O–H groups in total. The number of hydrogen-bond acceptors (Lipinski definition) is 8. The average molecular weight is 459 g/mol. The number of nitrogens with zero attached hydrogens (tertiary/aromatic N) is 3. The number of methoxy groups -OCH3 is 1. The van der Waals surface area contributed by atoms with E-state index in [0.717, 1.165) is 4.57 Å². The third-order valence-electron chi connectivity index (χ3n) is 5.46. The predicted molar refractivity (Wildman–Crippen MR) is 120 cm³/mol. The smallest absolute Gasteiger partial charge is 0.374 e. The van der Waals surface area contributed by atoms with Crippen molar-refractivity contribution in [2.75, 3.05) is 19.0 Å². The van der Waals surface area contributed by atoms with Crippen LogP contribution in [0.25, 0.3) is 0 Å². The maximum Gasteiger partial charge on any atom is 0.374 e. The van der Waals surface area contributed by atoms with Crippen LogP contribution in [0.2, 0.25) is 18.1 Å². The summed E-state index contributed by atoms with van der Waals surface area (Å²) in [5, 5.41) is 14.3. The van der Waals surface area contributed by atoms with Gasteiger partial charge >= 0.3 is 22.9 Å². The van der Waals surface area contributed by atoms with Gasteiger partial charge in [0.15, 0.2) is 14.1 Å². The van der Waals surface area contributed by atoms with E-state index in [0.29, 0.717) is 4.57 Å². The highest BCUT2D eigenvalue weighted by molar-refractivity contribution is 6.74. The highest BCUT2D eigenvalue weighted by Gasteiger charge is 2.39. The minimum absolute atomic E-state index is 0.0598. The number of carbonyl (C=O) groups excluding carboxylic acids is 1. The molecule has 1 aromatic heterocycles. The Hall–Kier alpha value is -2.47. The molecule has 1 heterocycles. The van der Waals surface area contributed by atoms with Gasteiger partial charge in [-0.25, -0.2) is 9.59 Å². The summed E-state index contributed by atoms with van der Waals surface area (Å²) in [6, 6.07) is -1.15. The van der Waals surface area contributed by atoms with Crippen molar-refractivity contribution in [2.45, 2.75) is 65.3 Å². The molecule has 0 aliphatic heterocycles. The Morgan fingerprint density at radius 1 is 1.26 bits per heavy atom. The van der Waals surface area contributed by atoms with Crippen LogP contribution in [0.4, 0.5) is 11.5 Å². The van der Waals surface area contributed by atoms with Gasteiger partial charge in [0.1, 0.15) is 6.04 Å². The van der Waals surface area contributed by atoms with Gasteiger partial charge < -0.3 is 14.5 Å². The van der Waals surface area contributed by atoms with Crippen LogP contribution in [-0.4, -0.2) is 48.1 Å². The van der Waals surface area contributed by atoms with E-state index in [4.69, 9.17) is 9.16 Å². The second-order valence-electron chi connectivity index (χ2n) is 9.40. The maximum absolute atomic E-state index is 12.7. The SMILES string of the molecule is COC(=O)[C@H](CO[Si](C)(C)C(C)(C)C)Nc1c([N+](=O)[O-])c(=O)n(C)c(=O)n1CC(C)C. The Kier molecular flexibility index (Phi) is 8.37. The standard InChI is InChI=1S/C19H34N4O7Si/c1-12(2)10-22-15(14(23(27)28)16(24)21(6)18(22)26)20-13(17(25)29-7)11-30-31(8,9)19(3,4)5/h12-13,20H,10-11H2,1-9H3/t13-/m0/s1. The summed E-state index contributed by atoms with van der Waals surface area (Å²) < 4.78 is 12.7. The molecule has 0 saturated carbocycles. The van der Waals surface area contributed by atoms with Crippen LogP contribution in [0.5, 0.6) is 0 Å². The van der Waals surface area contributed by atoms with Crippen molar-refractivity contribution < 1.29 is 18.9 Å². The molecule has 1 aromatic rings. The van der Waals surface area contributed by atoms with Crippen molar-refractivity contribution in [2.24, 2.45) is 13.0 Å². The number of aromatic nitrogens is 2. The normalized spacial score (nSPS) is 13.2. The van der Waals surface area contributed by atoms with Crippen LogP contribution in [-0.2, 0) is 27.5 Å². The van der Waals surface area contributed by atoms with Crippen molar-refractivity contribution >= 4 is 25.8 Å². The molecule has 12 heteroatoms. The molecule has 0 spiro atoms. The molecule has 0 amide bonds. The van der Waals surface area contributed by atoms with E-state index in [-0.39, 0.29) is 29.9 Å². The lowest BCUT2D eigenvalue weighted by Gasteiger charge is -2.37. The molecule has 1 rings (SSSR count). The summed E-state index contributed by atoms with van der Waals surface area (Å²) in [5.41, 5.74) is -2.60. The van der Waals surface area contributed by atoms with Crippen LogP contribution >= 0.6 is 0 Å². The van der Waals surface area contributed by atoms with Gasteiger partial charge in [-0.1, -0.05) is 34.6 Å². The van der Waals surface area contributed by atoms with E-state index in [9.17, 15) is 24.5 Å². The second kappa shape index (κ2) is 9.77. The van der Waals surface area contributed by atoms with Crippen LogP contribution in [0.15, 0.2) is 9.59 Å². The van der Waals surface area contributed by atoms with Crippen LogP contribution in [0.3, 0.4) is 0 Å². The molecule has 11 nitrogen and oxygen atoms in total. The fourth-order valence-corrected chi connectivity index (χ4v) is 3.60. The lowest BCUT2D eigenvalue weighted by molar-refractivity contribution is -0.386. The third-order valence-corrected chi connectivity index (χ3v) is 9.96. The number of nitrogens with one attached hydrogen (secondary N) is 1. The van der Waals surface area contributed by atoms with E-state index >= 15 is 0 Å². The fraction of sp³-hybridized carbons (Fsp3) is 0.737. The Morgan fingerprint density at radius 2 is 1.81 bits per heavy atom. The molecule has 0 aliphatic carbocycles. The zero-order valence-electron chi connectivity index (χ0n) is 19.8. The molecular weight excluding hydrogens is 424 g/mol. The first kappa shape index (κ1) is 26.6. The van der Waals surface area contributed by atoms with E-state index in [1.54, 1.807) is 0 Å². The fourth-order valence-electron chi connectivity index (χ4n) is 2.58. The van der Waals surface area contributed by atoms with E-state index in [1.807, 2.05) is 47.7 Å². The van der Waals surface area contributed by atoms with Crippen molar-refractivity contribution in [3.8, 4) is 0 Å². The molecule has 0 aliphatic rings. The van der Waals surface area contributed by atoms with Crippen molar-refractivity contribution in [3.05, 3.63) is 31.0 Å². The highest BCUT2D eigenvalue weighted by atomic mass is 28.4. The summed E-state index contributed by atoms with van der Waals surface area (Å²) in [7, 11) is 0.0952. The van der Waals surface area contributed by atoms with Crippen molar-refractivity contribution in [1.82, 2.24) is 9.13 Å². The first-order chi connectivity index (χ1) is 14.0. The van der Waals surface area contributed by atoms with Gasteiger partial charge in [-0.3, -0.25) is 24.0 Å². The van der Waals surface area contributed by atoms with Gasteiger partial charge in [-0.15, -0.1) is 0 Å². The Morgan fingerprint density at radius 3 is 2.23 bits per heavy atom. The van der Waals surface area contributed by atoms with Crippen LogP contribution < -0.4 is 16.6 Å². The number of carbonyl (C=O) groups is 1. The van der Waals surface area contributed by atoms with Gasteiger partial charge in [-0.2, -0.15) is 0 Å². The zero-order chi connectivity index (χ0) is 24.3. The summed E-state index contributed by atoms with van der Waals surface area (Å²) in [6.07, 6.45) is 0. The molecule has 1 atom stereocenters. The predicted octanol–water partition coefficient (Wildman–Crippen LogP) is 2.09. The summed E-state index contributed by atoms with van der Waals surface area (Å²) in [4.78, 5) is 48.5.